The number of halogens is 2. The number of aliphatic hydroxyl groups excluding tert-OH is 1. The highest BCUT2D eigenvalue weighted by Gasteiger charge is 2.45. The average Bonchev–Trinajstić information content (AvgIpc) is 2.19. The van der Waals surface area contributed by atoms with Crippen molar-refractivity contribution in [1.82, 2.24) is 0 Å². The van der Waals surface area contributed by atoms with E-state index >= 15 is 0 Å². The van der Waals surface area contributed by atoms with Crippen LogP contribution in [-0.2, 0) is 5.41 Å². The van der Waals surface area contributed by atoms with E-state index in [1.807, 2.05) is 0 Å². The Morgan fingerprint density at radius 1 is 1.38 bits per heavy atom. The Kier molecular flexibility index (Phi) is 2.72. The van der Waals surface area contributed by atoms with E-state index < -0.39 is 23.2 Å². The van der Waals surface area contributed by atoms with Crippen molar-refractivity contribution < 1.29 is 13.9 Å². The van der Waals surface area contributed by atoms with Gasteiger partial charge in [0.15, 0.2) is 0 Å². The Labute approximate surface area is 93.1 Å². The number of hydrogen-bond donors (Lipinski definition) is 2. The van der Waals surface area contributed by atoms with Crippen molar-refractivity contribution in [2.45, 2.75) is 31.3 Å². The molecule has 1 fully saturated rings. The first kappa shape index (κ1) is 11.5. The van der Waals surface area contributed by atoms with Crippen LogP contribution in [0.3, 0.4) is 0 Å². The Bertz CT molecular complexity index is 414. The van der Waals surface area contributed by atoms with Crippen LogP contribution in [0.15, 0.2) is 12.1 Å². The van der Waals surface area contributed by atoms with E-state index in [0.29, 0.717) is 18.4 Å². The van der Waals surface area contributed by atoms with E-state index in [2.05, 4.69) is 0 Å². The molecule has 0 spiro atoms. The topological polar surface area (TPSA) is 46.2 Å². The summed E-state index contributed by atoms with van der Waals surface area (Å²) in [6.45, 7) is 1.75. The lowest BCUT2D eigenvalue weighted by Crippen LogP contribution is -2.50. The van der Waals surface area contributed by atoms with E-state index in [1.165, 1.54) is 19.1 Å². The lowest BCUT2D eigenvalue weighted by molar-refractivity contribution is 0.0203. The first-order chi connectivity index (χ1) is 7.48. The molecule has 16 heavy (non-hydrogen) atoms. The lowest BCUT2D eigenvalue weighted by atomic mass is 9.62. The molecule has 4 heteroatoms. The standard InChI is InChI=1S/C12H15F2NO/c1-7-2-11(14)9(3-10(7)13)12(6-15)4-8(16)5-12/h2-3,8,16H,4-6,15H2,1H3. The van der Waals surface area contributed by atoms with Crippen molar-refractivity contribution >= 4 is 0 Å². The molecule has 0 aromatic heterocycles. The van der Waals surface area contributed by atoms with E-state index in [-0.39, 0.29) is 12.1 Å². The van der Waals surface area contributed by atoms with Crippen LogP contribution >= 0.6 is 0 Å². The molecule has 2 nitrogen and oxygen atoms in total. The van der Waals surface area contributed by atoms with Gasteiger partial charge in [-0.1, -0.05) is 0 Å². The van der Waals surface area contributed by atoms with Gasteiger partial charge in [-0.15, -0.1) is 0 Å². The Balaban J connectivity index is 2.43. The number of hydrogen-bond acceptors (Lipinski definition) is 2. The predicted molar refractivity (Wildman–Crippen MR) is 57.1 cm³/mol. The summed E-state index contributed by atoms with van der Waals surface area (Å²) in [5.74, 6) is -0.859. The zero-order chi connectivity index (χ0) is 11.9. The van der Waals surface area contributed by atoms with Crippen molar-refractivity contribution in [3.05, 3.63) is 34.9 Å². The minimum atomic E-state index is -0.585. The summed E-state index contributed by atoms with van der Waals surface area (Å²) in [6, 6.07) is 2.40. The van der Waals surface area contributed by atoms with Crippen LogP contribution in [0.4, 0.5) is 8.78 Å². The summed E-state index contributed by atoms with van der Waals surface area (Å²) in [7, 11) is 0. The molecule has 1 aromatic rings. The molecule has 0 bridgehead atoms. The minimum absolute atomic E-state index is 0.226. The van der Waals surface area contributed by atoms with Crippen molar-refractivity contribution in [2.75, 3.05) is 6.54 Å². The van der Waals surface area contributed by atoms with Gasteiger partial charge in [-0.2, -0.15) is 0 Å². The molecule has 0 radical (unpaired) electrons. The third kappa shape index (κ3) is 1.62. The molecule has 2 rings (SSSR count). The van der Waals surface area contributed by atoms with Gasteiger partial charge in [0.05, 0.1) is 6.10 Å². The maximum absolute atomic E-state index is 13.8. The lowest BCUT2D eigenvalue weighted by Gasteiger charge is -2.45. The molecule has 3 N–H and O–H groups in total. The first-order valence-corrected chi connectivity index (χ1v) is 5.33. The van der Waals surface area contributed by atoms with Crippen molar-refractivity contribution in [3.8, 4) is 0 Å². The number of aryl methyl sites for hydroxylation is 1. The highest BCUT2D eigenvalue weighted by Crippen LogP contribution is 2.44. The summed E-state index contributed by atoms with van der Waals surface area (Å²) in [5.41, 5.74) is 5.61. The second kappa shape index (κ2) is 3.79. The number of nitrogens with two attached hydrogens (primary N) is 1. The molecule has 1 aliphatic rings. The van der Waals surface area contributed by atoms with Gasteiger partial charge in [0, 0.05) is 12.0 Å². The summed E-state index contributed by atoms with van der Waals surface area (Å²) < 4.78 is 27.2. The fourth-order valence-electron chi connectivity index (χ4n) is 2.39. The van der Waals surface area contributed by atoms with Gasteiger partial charge in [0.25, 0.3) is 0 Å². The summed E-state index contributed by atoms with van der Waals surface area (Å²) in [5, 5.41) is 9.32. The van der Waals surface area contributed by atoms with Crippen LogP contribution < -0.4 is 5.73 Å². The maximum Gasteiger partial charge on any atom is 0.127 e. The molecule has 1 aromatic carbocycles. The molecule has 0 atom stereocenters. The minimum Gasteiger partial charge on any atom is -0.393 e. The first-order valence-electron chi connectivity index (χ1n) is 5.33. The van der Waals surface area contributed by atoms with Crippen molar-refractivity contribution in [1.29, 1.82) is 0 Å². The van der Waals surface area contributed by atoms with Crippen LogP contribution in [0, 0.1) is 18.6 Å². The fraction of sp³-hybridized carbons (Fsp3) is 0.500. The molecule has 0 heterocycles. The van der Waals surface area contributed by atoms with Gasteiger partial charge in [-0.3, -0.25) is 0 Å². The summed E-state index contributed by atoms with van der Waals surface area (Å²) >= 11 is 0. The Hall–Kier alpha value is -1.00. The molecule has 1 saturated carbocycles. The summed E-state index contributed by atoms with van der Waals surface area (Å²) in [4.78, 5) is 0. The number of aliphatic hydroxyl groups is 1. The third-order valence-electron chi connectivity index (χ3n) is 3.46. The molecule has 0 amide bonds. The van der Waals surface area contributed by atoms with Crippen LogP contribution in [0.25, 0.3) is 0 Å². The zero-order valence-electron chi connectivity index (χ0n) is 9.13. The normalized spacial score (nSPS) is 28.9. The number of benzene rings is 1. The highest BCUT2D eigenvalue weighted by atomic mass is 19.1. The van der Waals surface area contributed by atoms with Crippen LogP contribution in [0.2, 0.25) is 0 Å². The van der Waals surface area contributed by atoms with E-state index in [9.17, 15) is 13.9 Å². The molecular formula is C12H15F2NO. The monoisotopic (exact) mass is 227 g/mol. The van der Waals surface area contributed by atoms with Gasteiger partial charge in [-0.25, -0.2) is 8.78 Å². The van der Waals surface area contributed by atoms with Gasteiger partial charge in [-0.05, 0) is 43.0 Å². The average molecular weight is 227 g/mol. The molecule has 0 unspecified atom stereocenters. The molecule has 0 saturated heterocycles. The molecule has 88 valence electrons. The van der Waals surface area contributed by atoms with E-state index in [1.54, 1.807) is 0 Å². The van der Waals surface area contributed by atoms with E-state index in [4.69, 9.17) is 5.73 Å². The van der Waals surface area contributed by atoms with Gasteiger partial charge < -0.3 is 10.8 Å². The SMILES string of the molecule is Cc1cc(F)c(C2(CN)CC(O)C2)cc1F. The van der Waals surface area contributed by atoms with Gasteiger partial charge >= 0.3 is 0 Å². The van der Waals surface area contributed by atoms with Gasteiger partial charge in [0.1, 0.15) is 11.6 Å². The zero-order valence-corrected chi connectivity index (χ0v) is 9.13. The largest absolute Gasteiger partial charge is 0.393 e. The highest BCUT2D eigenvalue weighted by molar-refractivity contribution is 5.34. The third-order valence-corrected chi connectivity index (χ3v) is 3.46. The Morgan fingerprint density at radius 2 is 2.00 bits per heavy atom. The molecule has 1 aliphatic carbocycles. The van der Waals surface area contributed by atoms with Crippen LogP contribution in [0.5, 0.6) is 0 Å². The maximum atomic E-state index is 13.8. The fourth-order valence-corrected chi connectivity index (χ4v) is 2.39. The quantitative estimate of drug-likeness (QED) is 0.806. The second-order valence-corrected chi connectivity index (χ2v) is 4.63. The predicted octanol–water partition coefficient (Wildman–Crippen LogP) is 1.62. The van der Waals surface area contributed by atoms with Gasteiger partial charge in [0.2, 0.25) is 0 Å². The van der Waals surface area contributed by atoms with Crippen LogP contribution in [-0.4, -0.2) is 17.8 Å². The smallest absolute Gasteiger partial charge is 0.127 e. The van der Waals surface area contributed by atoms with Crippen LogP contribution in [0.1, 0.15) is 24.0 Å². The molecular weight excluding hydrogens is 212 g/mol. The van der Waals surface area contributed by atoms with Crippen molar-refractivity contribution in [3.63, 3.8) is 0 Å². The van der Waals surface area contributed by atoms with Crippen molar-refractivity contribution in [2.24, 2.45) is 5.73 Å². The Morgan fingerprint density at radius 3 is 2.50 bits per heavy atom. The number of rotatable bonds is 2. The van der Waals surface area contributed by atoms with E-state index in [0.717, 1.165) is 0 Å². The summed E-state index contributed by atoms with van der Waals surface area (Å²) in [6.07, 6.45) is 0.360. The second-order valence-electron chi connectivity index (χ2n) is 4.63. The molecule has 0 aliphatic heterocycles.